The second-order valence-electron chi connectivity index (χ2n) is 3.89. The zero-order valence-corrected chi connectivity index (χ0v) is 11.3. The van der Waals surface area contributed by atoms with Crippen LogP contribution in [0.3, 0.4) is 0 Å². The summed E-state index contributed by atoms with van der Waals surface area (Å²) in [5.74, 6) is 0. The smallest absolute Gasteiger partial charge is 0.0360 e. The van der Waals surface area contributed by atoms with E-state index in [1.165, 1.54) is 16.0 Å². The van der Waals surface area contributed by atoms with Crippen LogP contribution in [0.2, 0.25) is 0 Å². The van der Waals surface area contributed by atoms with Gasteiger partial charge < -0.3 is 0 Å². The number of hydrogen-bond donors (Lipinski definition) is 0. The maximum atomic E-state index is 4.22. The van der Waals surface area contributed by atoms with E-state index >= 15 is 0 Å². The molecule has 0 saturated carbocycles. The molecule has 0 saturated heterocycles. The van der Waals surface area contributed by atoms with Gasteiger partial charge in [0.05, 0.1) is 0 Å². The summed E-state index contributed by atoms with van der Waals surface area (Å²) >= 11 is 1.84. The minimum absolute atomic E-state index is 0.872. The van der Waals surface area contributed by atoms with Crippen LogP contribution in [-0.2, 0) is 6.42 Å². The molecule has 0 atom stereocenters. The highest BCUT2D eigenvalue weighted by atomic mass is 32.1. The van der Waals surface area contributed by atoms with Crippen LogP contribution in [0.15, 0.2) is 28.1 Å². The minimum Gasteiger partial charge on any atom is -0.293 e. The van der Waals surface area contributed by atoms with Gasteiger partial charge in [-0.3, -0.25) is 4.99 Å². The normalized spacial score (nSPS) is 12.6. The second kappa shape index (κ2) is 7.39. The van der Waals surface area contributed by atoms with E-state index in [-0.39, 0.29) is 0 Å². The van der Waals surface area contributed by atoms with Crippen molar-refractivity contribution in [1.29, 1.82) is 0 Å². The van der Waals surface area contributed by atoms with Gasteiger partial charge in [-0.05, 0) is 56.2 Å². The third-order valence-electron chi connectivity index (χ3n) is 2.57. The molecular weight excluding hydrogens is 214 g/mol. The molecule has 0 aromatic carbocycles. The third-order valence-corrected chi connectivity index (χ3v) is 3.48. The van der Waals surface area contributed by atoms with Crippen molar-refractivity contribution in [2.24, 2.45) is 4.99 Å². The molecule has 1 nitrogen and oxygen atoms in total. The van der Waals surface area contributed by atoms with E-state index in [4.69, 9.17) is 0 Å². The SMILES string of the molecule is CCN=C/C=C(\CC)CCc1csc(C)c1. The van der Waals surface area contributed by atoms with Gasteiger partial charge in [-0.2, -0.15) is 0 Å². The highest BCUT2D eigenvalue weighted by molar-refractivity contribution is 7.10. The first-order valence-electron chi connectivity index (χ1n) is 5.98. The fourth-order valence-corrected chi connectivity index (χ4v) is 2.32. The summed E-state index contributed by atoms with van der Waals surface area (Å²) in [5, 5.41) is 2.27. The molecular formula is C14H21NS. The number of nitrogens with zero attached hydrogens (tertiary/aromatic N) is 1. The van der Waals surface area contributed by atoms with E-state index in [2.05, 4.69) is 43.3 Å². The van der Waals surface area contributed by atoms with Gasteiger partial charge in [0.2, 0.25) is 0 Å². The summed E-state index contributed by atoms with van der Waals surface area (Å²) in [6.07, 6.45) is 7.55. The summed E-state index contributed by atoms with van der Waals surface area (Å²) in [6, 6.07) is 2.29. The summed E-state index contributed by atoms with van der Waals surface area (Å²) in [6.45, 7) is 7.31. The van der Waals surface area contributed by atoms with Crippen LogP contribution in [0.4, 0.5) is 0 Å². The summed E-state index contributed by atoms with van der Waals surface area (Å²) < 4.78 is 0. The highest BCUT2D eigenvalue weighted by Crippen LogP contribution is 2.17. The Balaban J connectivity index is 2.45. The summed E-state index contributed by atoms with van der Waals surface area (Å²) in [5.41, 5.74) is 2.95. The molecule has 0 aliphatic heterocycles. The topological polar surface area (TPSA) is 12.4 Å². The van der Waals surface area contributed by atoms with Crippen molar-refractivity contribution in [2.75, 3.05) is 6.54 Å². The zero-order valence-electron chi connectivity index (χ0n) is 10.5. The van der Waals surface area contributed by atoms with Crippen molar-refractivity contribution < 1.29 is 0 Å². The van der Waals surface area contributed by atoms with Crippen molar-refractivity contribution in [3.63, 3.8) is 0 Å². The molecule has 0 unspecified atom stereocenters. The Morgan fingerprint density at radius 2 is 2.25 bits per heavy atom. The first kappa shape index (κ1) is 13.2. The number of hydrogen-bond acceptors (Lipinski definition) is 2. The van der Waals surface area contributed by atoms with Crippen LogP contribution in [0.25, 0.3) is 0 Å². The maximum Gasteiger partial charge on any atom is 0.0360 e. The molecule has 1 aromatic heterocycles. The van der Waals surface area contributed by atoms with Crippen molar-refractivity contribution in [2.45, 2.75) is 40.0 Å². The molecule has 16 heavy (non-hydrogen) atoms. The van der Waals surface area contributed by atoms with Crippen LogP contribution in [0.5, 0.6) is 0 Å². The lowest BCUT2D eigenvalue weighted by molar-refractivity contribution is 0.889. The molecule has 0 spiro atoms. The Hall–Kier alpha value is -0.890. The Morgan fingerprint density at radius 3 is 2.81 bits per heavy atom. The van der Waals surface area contributed by atoms with Crippen molar-refractivity contribution in [3.8, 4) is 0 Å². The van der Waals surface area contributed by atoms with E-state index < -0.39 is 0 Å². The molecule has 0 amide bonds. The predicted molar refractivity (Wildman–Crippen MR) is 74.8 cm³/mol. The molecule has 88 valence electrons. The molecule has 1 aromatic rings. The molecule has 0 radical (unpaired) electrons. The molecule has 1 heterocycles. The first-order valence-corrected chi connectivity index (χ1v) is 6.86. The predicted octanol–water partition coefficient (Wildman–Crippen LogP) is 4.42. The van der Waals surface area contributed by atoms with Crippen LogP contribution in [0.1, 0.15) is 37.1 Å². The monoisotopic (exact) mass is 235 g/mol. The molecule has 0 aliphatic rings. The third kappa shape index (κ3) is 4.75. The van der Waals surface area contributed by atoms with E-state index in [1.807, 2.05) is 17.6 Å². The minimum atomic E-state index is 0.872. The Morgan fingerprint density at radius 1 is 1.44 bits per heavy atom. The number of allylic oxidation sites excluding steroid dienone is 2. The number of aryl methyl sites for hydroxylation is 2. The Labute approximate surface area is 103 Å². The standard InChI is InChI=1S/C14H21NS/c1-4-13(8-9-15-5-2)6-7-14-10-12(3)16-11-14/h8-11H,4-7H2,1-3H3/b13-8+,15-9?. The van der Waals surface area contributed by atoms with Crippen LogP contribution >= 0.6 is 11.3 Å². The Bertz CT molecular complexity index is 361. The zero-order chi connectivity index (χ0) is 11.8. The average Bonchev–Trinajstić information content (AvgIpc) is 2.69. The maximum absolute atomic E-state index is 4.22. The van der Waals surface area contributed by atoms with Gasteiger partial charge >= 0.3 is 0 Å². The fourth-order valence-electron chi connectivity index (χ4n) is 1.58. The van der Waals surface area contributed by atoms with Gasteiger partial charge in [0.25, 0.3) is 0 Å². The van der Waals surface area contributed by atoms with Gasteiger partial charge in [0.1, 0.15) is 0 Å². The van der Waals surface area contributed by atoms with E-state index in [9.17, 15) is 0 Å². The van der Waals surface area contributed by atoms with Gasteiger partial charge in [0, 0.05) is 17.6 Å². The van der Waals surface area contributed by atoms with Crippen molar-refractivity contribution >= 4 is 17.6 Å². The number of thiophene rings is 1. The van der Waals surface area contributed by atoms with E-state index in [0.717, 1.165) is 25.8 Å². The number of aliphatic imine (C=N–C) groups is 1. The first-order chi connectivity index (χ1) is 7.76. The largest absolute Gasteiger partial charge is 0.293 e. The molecule has 0 bridgehead atoms. The summed E-state index contributed by atoms with van der Waals surface area (Å²) in [4.78, 5) is 5.63. The fraction of sp³-hybridized carbons (Fsp3) is 0.500. The van der Waals surface area contributed by atoms with Gasteiger partial charge in [0.15, 0.2) is 0 Å². The van der Waals surface area contributed by atoms with Crippen LogP contribution in [0, 0.1) is 6.92 Å². The van der Waals surface area contributed by atoms with Gasteiger partial charge in [-0.1, -0.05) is 12.5 Å². The number of rotatable bonds is 6. The molecule has 2 heteroatoms. The molecule has 0 aliphatic carbocycles. The lowest BCUT2D eigenvalue weighted by atomic mass is 10.0. The van der Waals surface area contributed by atoms with E-state index in [0.29, 0.717) is 0 Å². The highest BCUT2D eigenvalue weighted by Gasteiger charge is 1.98. The second-order valence-corrected chi connectivity index (χ2v) is 5.01. The van der Waals surface area contributed by atoms with Gasteiger partial charge in [-0.15, -0.1) is 11.3 Å². The van der Waals surface area contributed by atoms with Crippen LogP contribution in [-0.4, -0.2) is 12.8 Å². The lowest BCUT2D eigenvalue weighted by Gasteiger charge is -2.01. The van der Waals surface area contributed by atoms with Gasteiger partial charge in [-0.25, -0.2) is 0 Å². The van der Waals surface area contributed by atoms with Crippen molar-refractivity contribution in [3.05, 3.63) is 33.5 Å². The molecule has 1 rings (SSSR count). The Kier molecular flexibility index (Phi) is 6.09. The van der Waals surface area contributed by atoms with Crippen LogP contribution < -0.4 is 0 Å². The van der Waals surface area contributed by atoms with E-state index in [1.54, 1.807) is 0 Å². The summed E-state index contributed by atoms with van der Waals surface area (Å²) in [7, 11) is 0. The molecule has 0 fully saturated rings. The molecule has 0 N–H and O–H groups in total. The lowest BCUT2D eigenvalue weighted by Crippen LogP contribution is -1.87. The van der Waals surface area contributed by atoms with Crippen molar-refractivity contribution in [1.82, 2.24) is 0 Å². The average molecular weight is 235 g/mol. The quantitative estimate of drug-likeness (QED) is 0.647.